The fourth-order valence-corrected chi connectivity index (χ4v) is 2.63. The molecular formula is C25H40. The van der Waals surface area contributed by atoms with Crippen molar-refractivity contribution in [2.45, 2.75) is 84.0 Å². The van der Waals surface area contributed by atoms with Gasteiger partial charge < -0.3 is 0 Å². The van der Waals surface area contributed by atoms with Gasteiger partial charge in [0.15, 0.2) is 0 Å². The minimum absolute atomic E-state index is 1.21. The Hall–Kier alpha value is -1.56. The van der Waals surface area contributed by atoms with Crippen LogP contribution in [-0.2, 0) is 0 Å². The maximum absolute atomic E-state index is 3.63. The van der Waals surface area contributed by atoms with Crippen molar-refractivity contribution >= 4 is 0 Å². The molecule has 0 saturated carbocycles. The summed E-state index contributed by atoms with van der Waals surface area (Å²) in [4.78, 5) is 0. The molecule has 0 heterocycles. The van der Waals surface area contributed by atoms with Gasteiger partial charge in [-0.1, -0.05) is 145 Å². The van der Waals surface area contributed by atoms with Crippen LogP contribution in [0.2, 0.25) is 0 Å². The SMILES string of the molecule is C=CC=CC=CC=CC=CC=CCCCCCCCCCCCCC. The Labute approximate surface area is 157 Å². The highest BCUT2D eigenvalue weighted by molar-refractivity contribution is 5.18. The average molecular weight is 341 g/mol. The Kier molecular flexibility index (Phi) is 21.0. The van der Waals surface area contributed by atoms with Crippen LogP contribution in [0.15, 0.2) is 73.4 Å². The third kappa shape index (κ3) is 22.4. The van der Waals surface area contributed by atoms with Crippen molar-refractivity contribution in [3.63, 3.8) is 0 Å². The molecule has 140 valence electrons. The second-order valence-electron chi connectivity index (χ2n) is 6.53. The lowest BCUT2D eigenvalue weighted by molar-refractivity contribution is 0.550. The van der Waals surface area contributed by atoms with Crippen LogP contribution < -0.4 is 0 Å². The highest BCUT2D eigenvalue weighted by atomic mass is 14.0. The summed E-state index contributed by atoms with van der Waals surface area (Å²) in [7, 11) is 0. The van der Waals surface area contributed by atoms with Crippen molar-refractivity contribution in [3.05, 3.63) is 73.4 Å². The molecule has 0 aromatic rings. The number of rotatable bonds is 17. The fraction of sp³-hybridized carbons (Fsp3) is 0.520. The molecule has 0 aliphatic rings. The number of hydrogen-bond acceptors (Lipinski definition) is 0. The number of hydrogen-bond donors (Lipinski definition) is 0. The molecule has 0 spiro atoms. The fourth-order valence-electron chi connectivity index (χ4n) is 2.63. The summed E-state index contributed by atoms with van der Waals surface area (Å²) in [5, 5.41) is 0. The van der Waals surface area contributed by atoms with Gasteiger partial charge in [-0.3, -0.25) is 0 Å². The molecule has 0 aromatic heterocycles. The molecule has 25 heavy (non-hydrogen) atoms. The maximum atomic E-state index is 3.63. The highest BCUT2D eigenvalue weighted by Crippen LogP contribution is 2.11. The molecule has 0 rings (SSSR count). The van der Waals surface area contributed by atoms with E-state index in [-0.39, 0.29) is 0 Å². The molecule has 0 atom stereocenters. The average Bonchev–Trinajstić information content (AvgIpc) is 2.63. The van der Waals surface area contributed by atoms with Crippen molar-refractivity contribution in [3.8, 4) is 0 Å². The molecule has 0 amide bonds. The lowest BCUT2D eigenvalue weighted by atomic mass is 10.1. The van der Waals surface area contributed by atoms with Crippen LogP contribution in [-0.4, -0.2) is 0 Å². The van der Waals surface area contributed by atoms with Crippen LogP contribution in [0.4, 0.5) is 0 Å². The van der Waals surface area contributed by atoms with Gasteiger partial charge in [0.05, 0.1) is 0 Å². The van der Waals surface area contributed by atoms with E-state index in [4.69, 9.17) is 0 Å². The summed E-state index contributed by atoms with van der Waals surface area (Å²) in [6.07, 6.45) is 39.1. The van der Waals surface area contributed by atoms with Gasteiger partial charge in [-0.05, 0) is 12.8 Å². The van der Waals surface area contributed by atoms with E-state index in [0.29, 0.717) is 0 Å². The molecule has 0 heteroatoms. The van der Waals surface area contributed by atoms with Crippen LogP contribution in [0.1, 0.15) is 84.0 Å². The lowest BCUT2D eigenvalue weighted by Crippen LogP contribution is -1.81. The zero-order chi connectivity index (χ0) is 18.3. The predicted molar refractivity (Wildman–Crippen MR) is 117 cm³/mol. The van der Waals surface area contributed by atoms with E-state index in [9.17, 15) is 0 Å². The van der Waals surface area contributed by atoms with Gasteiger partial charge in [-0.2, -0.15) is 0 Å². The second-order valence-corrected chi connectivity index (χ2v) is 6.53. The molecule has 0 saturated heterocycles. The molecule has 0 radical (unpaired) electrons. The maximum Gasteiger partial charge on any atom is -0.0348 e. The van der Waals surface area contributed by atoms with Crippen molar-refractivity contribution < 1.29 is 0 Å². The minimum atomic E-state index is 1.21. The van der Waals surface area contributed by atoms with E-state index < -0.39 is 0 Å². The van der Waals surface area contributed by atoms with Gasteiger partial charge in [-0.15, -0.1) is 0 Å². The minimum Gasteiger partial charge on any atom is -0.0991 e. The second kappa shape index (κ2) is 22.4. The van der Waals surface area contributed by atoms with Crippen LogP contribution in [0.25, 0.3) is 0 Å². The van der Waals surface area contributed by atoms with Gasteiger partial charge in [0, 0.05) is 0 Å². The first-order valence-electron chi connectivity index (χ1n) is 10.4. The van der Waals surface area contributed by atoms with E-state index >= 15 is 0 Å². The monoisotopic (exact) mass is 340 g/mol. The van der Waals surface area contributed by atoms with Crippen LogP contribution >= 0.6 is 0 Å². The zero-order valence-electron chi connectivity index (χ0n) is 16.5. The van der Waals surface area contributed by atoms with Gasteiger partial charge in [0.25, 0.3) is 0 Å². The van der Waals surface area contributed by atoms with Crippen molar-refractivity contribution in [1.82, 2.24) is 0 Å². The standard InChI is InChI=1S/C25H40/c1-3-5-7-9-11-13-15-17-19-21-23-25-24-22-20-18-16-14-12-10-8-6-4-2/h3,5,7,9,11,13,15,17,19,21,23H,1,4,6,8,10,12,14,16,18,20,22,24-25H2,2H3. The van der Waals surface area contributed by atoms with E-state index in [1.54, 1.807) is 6.08 Å². The van der Waals surface area contributed by atoms with Gasteiger partial charge in [0.2, 0.25) is 0 Å². The molecular weight excluding hydrogens is 300 g/mol. The smallest absolute Gasteiger partial charge is 0.0348 e. The van der Waals surface area contributed by atoms with E-state index in [2.05, 4.69) is 37.8 Å². The van der Waals surface area contributed by atoms with Gasteiger partial charge in [0.1, 0.15) is 0 Å². The van der Waals surface area contributed by atoms with Crippen LogP contribution in [0.3, 0.4) is 0 Å². The Morgan fingerprint density at radius 3 is 1.36 bits per heavy atom. The van der Waals surface area contributed by atoms with E-state index in [0.717, 1.165) is 0 Å². The molecule has 0 N–H and O–H groups in total. The summed E-state index contributed by atoms with van der Waals surface area (Å²) in [5.41, 5.74) is 0. The molecule has 0 bridgehead atoms. The van der Waals surface area contributed by atoms with Crippen LogP contribution in [0, 0.1) is 0 Å². The Morgan fingerprint density at radius 1 is 0.480 bits per heavy atom. The zero-order valence-corrected chi connectivity index (χ0v) is 16.5. The quantitative estimate of drug-likeness (QED) is 0.183. The largest absolute Gasteiger partial charge is 0.0991 e. The van der Waals surface area contributed by atoms with Crippen molar-refractivity contribution in [1.29, 1.82) is 0 Å². The predicted octanol–water partition coefficient (Wildman–Crippen LogP) is 8.65. The van der Waals surface area contributed by atoms with Gasteiger partial charge >= 0.3 is 0 Å². The molecule has 0 aliphatic carbocycles. The topological polar surface area (TPSA) is 0 Å². The first-order chi connectivity index (χ1) is 12.4. The highest BCUT2D eigenvalue weighted by Gasteiger charge is 1.92. The number of allylic oxidation sites excluding steroid dienone is 11. The van der Waals surface area contributed by atoms with E-state index in [1.165, 1.54) is 77.0 Å². The molecule has 0 aromatic carbocycles. The van der Waals surface area contributed by atoms with Gasteiger partial charge in [-0.25, -0.2) is 0 Å². The third-order valence-electron chi connectivity index (χ3n) is 4.14. The Morgan fingerprint density at radius 2 is 0.880 bits per heavy atom. The molecule has 0 fully saturated rings. The number of unbranched alkanes of at least 4 members (excludes halogenated alkanes) is 11. The van der Waals surface area contributed by atoms with Crippen molar-refractivity contribution in [2.24, 2.45) is 0 Å². The Balaban J connectivity index is 3.33. The molecule has 0 unspecified atom stereocenters. The summed E-state index contributed by atoms with van der Waals surface area (Å²) >= 11 is 0. The summed E-state index contributed by atoms with van der Waals surface area (Å²) in [6, 6.07) is 0. The first kappa shape index (κ1) is 23.4. The van der Waals surface area contributed by atoms with Crippen LogP contribution in [0.5, 0.6) is 0 Å². The third-order valence-corrected chi connectivity index (χ3v) is 4.14. The molecule has 0 aliphatic heterocycles. The summed E-state index contributed by atoms with van der Waals surface area (Å²) < 4.78 is 0. The first-order valence-corrected chi connectivity index (χ1v) is 10.4. The Bertz CT molecular complexity index is 404. The van der Waals surface area contributed by atoms with Crippen molar-refractivity contribution in [2.75, 3.05) is 0 Å². The normalized spacial score (nSPS) is 12.7. The summed E-state index contributed by atoms with van der Waals surface area (Å²) in [6.45, 7) is 5.91. The summed E-state index contributed by atoms with van der Waals surface area (Å²) in [5.74, 6) is 0. The molecule has 0 nitrogen and oxygen atoms in total. The lowest BCUT2D eigenvalue weighted by Gasteiger charge is -2.01. The van der Waals surface area contributed by atoms with E-state index in [1.807, 2.05) is 36.5 Å².